The maximum Gasteiger partial charge on any atom is 0.309 e. The zero-order chi connectivity index (χ0) is 14.3. The molecule has 0 spiro atoms. The lowest BCUT2D eigenvalue weighted by atomic mass is 10.1. The van der Waals surface area contributed by atoms with Gasteiger partial charge in [0.2, 0.25) is 0 Å². The SMILES string of the molecule is CCCCCC(C)Nc1cccc(C#N)c1[N+](=O)[O-]. The Morgan fingerprint density at radius 2 is 2.21 bits per heavy atom. The number of rotatable bonds is 7. The van der Waals surface area contributed by atoms with Crippen molar-refractivity contribution in [2.75, 3.05) is 5.32 Å². The largest absolute Gasteiger partial charge is 0.377 e. The molecule has 0 aliphatic carbocycles. The summed E-state index contributed by atoms with van der Waals surface area (Å²) in [5.41, 5.74) is 0.385. The van der Waals surface area contributed by atoms with Crippen LogP contribution in [0.4, 0.5) is 11.4 Å². The molecule has 19 heavy (non-hydrogen) atoms. The van der Waals surface area contributed by atoms with Gasteiger partial charge in [-0.3, -0.25) is 10.1 Å². The van der Waals surface area contributed by atoms with Gasteiger partial charge in [-0.05, 0) is 25.5 Å². The Hall–Kier alpha value is -2.09. The van der Waals surface area contributed by atoms with E-state index in [1.807, 2.05) is 13.0 Å². The number of nitrogens with zero attached hydrogens (tertiary/aromatic N) is 2. The van der Waals surface area contributed by atoms with Crippen LogP contribution in [0.1, 0.15) is 45.1 Å². The van der Waals surface area contributed by atoms with Crippen molar-refractivity contribution in [2.24, 2.45) is 0 Å². The normalized spacial score (nSPS) is 11.6. The molecule has 0 saturated carbocycles. The van der Waals surface area contributed by atoms with Crippen molar-refractivity contribution in [1.82, 2.24) is 0 Å². The van der Waals surface area contributed by atoms with Crippen LogP contribution in [0.15, 0.2) is 18.2 Å². The third kappa shape index (κ3) is 4.25. The van der Waals surface area contributed by atoms with Crippen molar-refractivity contribution >= 4 is 11.4 Å². The zero-order valence-corrected chi connectivity index (χ0v) is 11.3. The van der Waals surface area contributed by atoms with Gasteiger partial charge in [-0.2, -0.15) is 5.26 Å². The lowest BCUT2D eigenvalue weighted by molar-refractivity contribution is -0.384. The fourth-order valence-corrected chi connectivity index (χ4v) is 1.99. The van der Waals surface area contributed by atoms with E-state index in [-0.39, 0.29) is 17.3 Å². The minimum Gasteiger partial charge on any atom is -0.377 e. The van der Waals surface area contributed by atoms with Crippen molar-refractivity contribution in [3.8, 4) is 6.07 Å². The molecular formula is C14H19N3O2. The van der Waals surface area contributed by atoms with Crippen LogP contribution in [0.5, 0.6) is 0 Å². The molecular weight excluding hydrogens is 242 g/mol. The first-order valence-electron chi connectivity index (χ1n) is 6.54. The third-order valence-corrected chi connectivity index (χ3v) is 2.98. The molecule has 1 unspecified atom stereocenters. The number of hydrogen-bond donors (Lipinski definition) is 1. The predicted molar refractivity (Wildman–Crippen MR) is 75.0 cm³/mol. The molecule has 1 atom stereocenters. The maximum atomic E-state index is 11.1. The van der Waals surface area contributed by atoms with Crippen LogP contribution in [0, 0.1) is 21.4 Å². The lowest BCUT2D eigenvalue weighted by Crippen LogP contribution is -2.16. The van der Waals surface area contributed by atoms with E-state index in [0.717, 1.165) is 25.7 Å². The fraction of sp³-hybridized carbons (Fsp3) is 0.500. The summed E-state index contributed by atoms with van der Waals surface area (Å²) in [5, 5.41) is 23.1. The predicted octanol–water partition coefficient (Wildman–Crippen LogP) is 3.85. The molecule has 5 heteroatoms. The summed E-state index contributed by atoms with van der Waals surface area (Å²) in [7, 11) is 0. The summed E-state index contributed by atoms with van der Waals surface area (Å²) in [6.07, 6.45) is 4.36. The van der Waals surface area contributed by atoms with Crippen molar-refractivity contribution in [1.29, 1.82) is 5.26 Å². The van der Waals surface area contributed by atoms with Crippen LogP contribution >= 0.6 is 0 Å². The molecule has 0 heterocycles. The molecule has 102 valence electrons. The molecule has 0 amide bonds. The van der Waals surface area contributed by atoms with Crippen LogP contribution in [0.2, 0.25) is 0 Å². The summed E-state index contributed by atoms with van der Waals surface area (Å²) in [6.45, 7) is 4.14. The van der Waals surface area contributed by atoms with Crippen molar-refractivity contribution in [3.63, 3.8) is 0 Å². The maximum absolute atomic E-state index is 11.1. The number of nitriles is 1. The molecule has 1 rings (SSSR count). The number of anilines is 1. The van der Waals surface area contributed by atoms with Crippen LogP contribution in [-0.4, -0.2) is 11.0 Å². The first-order valence-corrected chi connectivity index (χ1v) is 6.54. The van der Waals surface area contributed by atoms with E-state index in [2.05, 4.69) is 12.2 Å². The van der Waals surface area contributed by atoms with Gasteiger partial charge in [-0.15, -0.1) is 0 Å². The van der Waals surface area contributed by atoms with Crippen molar-refractivity contribution in [3.05, 3.63) is 33.9 Å². The van der Waals surface area contributed by atoms with Gasteiger partial charge in [0.25, 0.3) is 0 Å². The van der Waals surface area contributed by atoms with Crippen LogP contribution in [0.3, 0.4) is 0 Å². The second-order valence-corrected chi connectivity index (χ2v) is 4.61. The molecule has 0 aromatic heterocycles. The molecule has 1 aromatic carbocycles. The third-order valence-electron chi connectivity index (χ3n) is 2.98. The highest BCUT2D eigenvalue weighted by Crippen LogP contribution is 2.29. The Balaban J connectivity index is 2.83. The molecule has 0 radical (unpaired) electrons. The zero-order valence-electron chi connectivity index (χ0n) is 11.3. The molecule has 1 aromatic rings. The Bertz CT molecular complexity index is 480. The summed E-state index contributed by atoms with van der Waals surface area (Å²) in [6, 6.07) is 6.78. The summed E-state index contributed by atoms with van der Waals surface area (Å²) in [4.78, 5) is 10.6. The Morgan fingerprint density at radius 3 is 2.79 bits per heavy atom. The molecule has 5 nitrogen and oxygen atoms in total. The molecule has 1 N–H and O–H groups in total. The van der Waals surface area contributed by atoms with Gasteiger partial charge in [-0.25, -0.2) is 0 Å². The number of unbranched alkanes of at least 4 members (excludes halogenated alkanes) is 2. The second-order valence-electron chi connectivity index (χ2n) is 4.61. The number of nitrogens with one attached hydrogen (secondary N) is 1. The Kier molecular flexibility index (Phi) is 5.80. The Labute approximate surface area is 113 Å². The van der Waals surface area contributed by atoms with E-state index in [4.69, 9.17) is 5.26 Å². The fourth-order valence-electron chi connectivity index (χ4n) is 1.99. The number of benzene rings is 1. The van der Waals surface area contributed by atoms with Gasteiger partial charge in [0.1, 0.15) is 17.3 Å². The van der Waals surface area contributed by atoms with E-state index in [1.165, 1.54) is 6.07 Å². The van der Waals surface area contributed by atoms with Crippen LogP contribution in [-0.2, 0) is 0 Å². The van der Waals surface area contributed by atoms with E-state index >= 15 is 0 Å². The molecule has 0 saturated heterocycles. The standard InChI is InChI=1S/C14H19N3O2/c1-3-4-5-7-11(2)16-13-9-6-8-12(10-15)14(13)17(18)19/h6,8-9,11,16H,3-5,7H2,1-2H3. The molecule has 0 fully saturated rings. The highest BCUT2D eigenvalue weighted by molar-refractivity contribution is 5.68. The van der Waals surface area contributed by atoms with Gasteiger partial charge in [0, 0.05) is 6.04 Å². The summed E-state index contributed by atoms with van der Waals surface area (Å²) in [5.74, 6) is 0. The van der Waals surface area contributed by atoms with Gasteiger partial charge in [0.05, 0.1) is 4.92 Å². The van der Waals surface area contributed by atoms with E-state index < -0.39 is 4.92 Å². The Morgan fingerprint density at radius 1 is 1.47 bits per heavy atom. The average Bonchev–Trinajstić information content (AvgIpc) is 2.38. The first-order chi connectivity index (χ1) is 9.10. The monoisotopic (exact) mass is 261 g/mol. The minimum atomic E-state index is -0.500. The number of nitro benzene ring substituents is 1. The minimum absolute atomic E-state index is 0.0933. The highest BCUT2D eigenvalue weighted by Gasteiger charge is 2.20. The number of hydrogen-bond acceptors (Lipinski definition) is 4. The van der Waals surface area contributed by atoms with Gasteiger partial charge in [-0.1, -0.05) is 32.3 Å². The van der Waals surface area contributed by atoms with E-state index in [9.17, 15) is 10.1 Å². The van der Waals surface area contributed by atoms with Crippen molar-refractivity contribution < 1.29 is 4.92 Å². The van der Waals surface area contributed by atoms with Gasteiger partial charge in [0.15, 0.2) is 0 Å². The topological polar surface area (TPSA) is 79.0 Å². The van der Waals surface area contributed by atoms with Crippen molar-refractivity contribution in [2.45, 2.75) is 45.6 Å². The highest BCUT2D eigenvalue weighted by atomic mass is 16.6. The van der Waals surface area contributed by atoms with E-state index in [1.54, 1.807) is 12.1 Å². The summed E-state index contributed by atoms with van der Waals surface area (Å²) >= 11 is 0. The number of para-hydroxylation sites is 1. The lowest BCUT2D eigenvalue weighted by Gasteiger charge is -2.15. The van der Waals surface area contributed by atoms with Crippen LogP contribution < -0.4 is 5.32 Å². The smallest absolute Gasteiger partial charge is 0.309 e. The van der Waals surface area contributed by atoms with Gasteiger partial charge >= 0.3 is 5.69 Å². The molecule has 0 aliphatic heterocycles. The van der Waals surface area contributed by atoms with Gasteiger partial charge < -0.3 is 5.32 Å². The molecule has 0 bridgehead atoms. The second kappa shape index (κ2) is 7.37. The molecule has 0 aliphatic rings. The first kappa shape index (κ1) is 15.0. The van der Waals surface area contributed by atoms with Crippen LogP contribution in [0.25, 0.3) is 0 Å². The quantitative estimate of drug-likeness (QED) is 0.459. The average molecular weight is 261 g/mol. The number of nitro groups is 1. The summed E-state index contributed by atoms with van der Waals surface area (Å²) < 4.78 is 0. The van der Waals surface area contributed by atoms with E-state index in [0.29, 0.717) is 5.69 Å².